The summed E-state index contributed by atoms with van der Waals surface area (Å²) < 4.78 is 5.98. The highest BCUT2D eigenvalue weighted by Crippen LogP contribution is 2.32. The molecule has 0 aliphatic heterocycles. The van der Waals surface area contributed by atoms with Gasteiger partial charge in [-0.05, 0) is 34.5 Å². The van der Waals surface area contributed by atoms with Crippen molar-refractivity contribution in [2.45, 2.75) is 12.3 Å². The third kappa shape index (κ3) is 3.00. The van der Waals surface area contributed by atoms with E-state index in [-0.39, 0.29) is 17.6 Å². The lowest BCUT2D eigenvalue weighted by molar-refractivity contribution is -0.140. The number of ether oxygens (including phenoxy) is 1. The highest BCUT2D eigenvalue weighted by Gasteiger charge is 2.27. The van der Waals surface area contributed by atoms with Gasteiger partial charge in [-0.1, -0.05) is 11.6 Å². The fourth-order valence-corrected chi connectivity index (χ4v) is 3.40. The fourth-order valence-electron chi connectivity index (χ4n) is 2.53. The van der Waals surface area contributed by atoms with Gasteiger partial charge in [0.1, 0.15) is 5.65 Å². The number of methoxy groups -OCH3 is 1. The molecule has 24 heavy (non-hydrogen) atoms. The van der Waals surface area contributed by atoms with Gasteiger partial charge < -0.3 is 9.84 Å². The Hall–Kier alpha value is -2.38. The summed E-state index contributed by atoms with van der Waals surface area (Å²) in [5, 5.41) is 14.3. The van der Waals surface area contributed by atoms with Crippen molar-refractivity contribution >= 4 is 34.6 Å². The zero-order valence-corrected chi connectivity index (χ0v) is 14.2. The van der Waals surface area contributed by atoms with Gasteiger partial charge in [0.2, 0.25) is 5.88 Å². The maximum Gasteiger partial charge on any atom is 0.306 e. The van der Waals surface area contributed by atoms with Crippen LogP contribution in [0.25, 0.3) is 5.65 Å². The minimum absolute atomic E-state index is 0.0403. The van der Waals surface area contributed by atoms with Gasteiger partial charge in [0, 0.05) is 12.1 Å². The van der Waals surface area contributed by atoms with Crippen LogP contribution in [0.15, 0.2) is 40.0 Å². The first-order valence-electron chi connectivity index (χ1n) is 7.01. The average molecular weight is 365 g/mol. The monoisotopic (exact) mass is 364 g/mol. The second-order valence-electron chi connectivity index (χ2n) is 5.12. The minimum Gasteiger partial charge on any atom is -0.493 e. The quantitative estimate of drug-likeness (QED) is 0.720. The zero-order valence-electron chi connectivity index (χ0n) is 12.6. The Kier molecular flexibility index (Phi) is 4.55. The van der Waals surface area contributed by atoms with Crippen molar-refractivity contribution in [3.05, 3.63) is 61.7 Å². The van der Waals surface area contributed by atoms with Crippen molar-refractivity contribution in [3.8, 4) is 5.88 Å². The number of fused-ring (bicyclic) bond motifs is 1. The number of aromatic nitrogens is 2. The lowest BCUT2D eigenvalue weighted by atomic mass is 9.91. The number of carbonyl (C=O) groups excluding carboxylic acids is 1. The Balaban J connectivity index is 2.24. The van der Waals surface area contributed by atoms with Crippen LogP contribution in [0.5, 0.6) is 5.88 Å². The highest BCUT2D eigenvalue weighted by atomic mass is 35.5. The molecule has 1 N–H and O–H groups in total. The third-order valence-corrected chi connectivity index (χ3v) is 4.62. The van der Waals surface area contributed by atoms with Gasteiger partial charge >= 0.3 is 5.97 Å². The maximum atomic E-state index is 12.9. The molecule has 3 aromatic heterocycles. The van der Waals surface area contributed by atoms with Crippen LogP contribution in [0.3, 0.4) is 0 Å². The molecule has 0 amide bonds. The number of nitrogens with zero attached hydrogens (tertiary/aromatic N) is 2. The Bertz CT molecular complexity index is 953. The summed E-state index contributed by atoms with van der Waals surface area (Å²) in [4.78, 5) is 28.7. The average Bonchev–Trinajstić information content (AvgIpc) is 3.09. The van der Waals surface area contributed by atoms with Gasteiger partial charge in [0.15, 0.2) is 0 Å². The number of hydrogen-bond donors (Lipinski definition) is 1. The molecule has 0 aliphatic rings. The molecule has 1 atom stereocenters. The van der Waals surface area contributed by atoms with Crippen LogP contribution in [0.2, 0.25) is 5.02 Å². The predicted molar refractivity (Wildman–Crippen MR) is 90.9 cm³/mol. The Morgan fingerprint density at radius 2 is 2.25 bits per heavy atom. The summed E-state index contributed by atoms with van der Waals surface area (Å²) in [6.45, 7) is 0. The first kappa shape index (κ1) is 16.5. The molecule has 6 nitrogen and oxygen atoms in total. The van der Waals surface area contributed by atoms with Crippen molar-refractivity contribution < 1.29 is 14.6 Å². The molecule has 3 aromatic rings. The molecule has 0 spiro atoms. The smallest absolute Gasteiger partial charge is 0.306 e. The summed E-state index contributed by atoms with van der Waals surface area (Å²) in [5.74, 6) is -1.54. The summed E-state index contributed by atoms with van der Waals surface area (Å²) in [6.07, 6.45) is 1.35. The van der Waals surface area contributed by atoms with Crippen molar-refractivity contribution in [3.63, 3.8) is 0 Å². The van der Waals surface area contributed by atoms with Crippen LogP contribution in [0, 0.1) is 0 Å². The highest BCUT2D eigenvalue weighted by molar-refractivity contribution is 7.08. The molecule has 3 rings (SSSR count). The van der Waals surface area contributed by atoms with Crippen molar-refractivity contribution in [1.29, 1.82) is 0 Å². The second-order valence-corrected chi connectivity index (χ2v) is 6.34. The van der Waals surface area contributed by atoms with E-state index < -0.39 is 23.3 Å². The molecule has 0 aliphatic carbocycles. The number of halogens is 1. The van der Waals surface area contributed by atoms with Gasteiger partial charge in [-0.15, -0.1) is 0 Å². The van der Waals surface area contributed by atoms with Crippen molar-refractivity contribution in [2.24, 2.45) is 0 Å². The number of hydrogen-bond acceptors (Lipinski definition) is 6. The molecule has 8 heteroatoms. The van der Waals surface area contributed by atoms with Crippen molar-refractivity contribution in [2.75, 3.05) is 7.11 Å². The van der Waals surface area contributed by atoms with E-state index in [4.69, 9.17) is 16.3 Å². The number of rotatable bonds is 4. The summed E-state index contributed by atoms with van der Waals surface area (Å²) in [6, 6.07) is 4.91. The van der Waals surface area contributed by atoms with E-state index in [0.717, 1.165) is 5.56 Å². The predicted octanol–water partition coefficient (Wildman–Crippen LogP) is 2.81. The normalized spacial score (nSPS) is 12.2. The minimum atomic E-state index is -0.653. The molecule has 0 saturated carbocycles. The molecule has 0 saturated heterocycles. The van der Waals surface area contributed by atoms with Crippen LogP contribution in [-0.2, 0) is 9.53 Å². The number of thiophene rings is 1. The van der Waals surface area contributed by atoms with Gasteiger partial charge in [0.05, 0.1) is 24.1 Å². The third-order valence-electron chi connectivity index (χ3n) is 3.69. The largest absolute Gasteiger partial charge is 0.493 e. The lowest BCUT2D eigenvalue weighted by Gasteiger charge is -2.16. The molecule has 124 valence electrons. The van der Waals surface area contributed by atoms with E-state index in [1.54, 1.807) is 12.1 Å². The van der Waals surface area contributed by atoms with E-state index in [1.807, 2.05) is 10.8 Å². The van der Waals surface area contributed by atoms with Crippen LogP contribution in [-0.4, -0.2) is 27.6 Å². The maximum absolute atomic E-state index is 12.9. The molecule has 3 heterocycles. The topological polar surface area (TPSA) is 80.9 Å². The Labute approximate surface area is 145 Å². The lowest BCUT2D eigenvalue weighted by Crippen LogP contribution is -2.24. The number of aromatic hydroxyl groups is 1. The summed E-state index contributed by atoms with van der Waals surface area (Å²) in [5.41, 5.74) is 0.577. The molecular formula is C16H13ClN2O4S. The van der Waals surface area contributed by atoms with Gasteiger partial charge in [0.25, 0.3) is 5.56 Å². The molecule has 0 fully saturated rings. The van der Waals surface area contributed by atoms with E-state index in [1.165, 1.54) is 35.1 Å². The second kappa shape index (κ2) is 6.62. The molecule has 0 aromatic carbocycles. The van der Waals surface area contributed by atoms with Crippen molar-refractivity contribution in [1.82, 2.24) is 9.38 Å². The van der Waals surface area contributed by atoms with E-state index >= 15 is 0 Å². The summed E-state index contributed by atoms with van der Waals surface area (Å²) >= 11 is 7.38. The van der Waals surface area contributed by atoms with Crippen LogP contribution in [0.1, 0.15) is 23.5 Å². The standard InChI is InChI=1S/C16H13ClN2O4S/c1-23-13(20)6-11(9-4-5-24-8-9)14-15(21)18-12-3-2-10(17)7-19(12)16(14)22/h2-5,7-8,11,21H,6H2,1H3. The molecule has 1 unspecified atom stereocenters. The van der Waals surface area contributed by atoms with Gasteiger partial charge in [-0.25, -0.2) is 0 Å². The van der Waals surface area contributed by atoms with Crippen LogP contribution in [0.4, 0.5) is 0 Å². The first-order chi connectivity index (χ1) is 11.5. The number of esters is 1. The zero-order chi connectivity index (χ0) is 17.3. The van der Waals surface area contributed by atoms with E-state index in [9.17, 15) is 14.7 Å². The van der Waals surface area contributed by atoms with Crippen LogP contribution < -0.4 is 5.56 Å². The summed E-state index contributed by atoms with van der Waals surface area (Å²) in [7, 11) is 1.28. The first-order valence-corrected chi connectivity index (χ1v) is 8.33. The van der Waals surface area contributed by atoms with Gasteiger partial charge in [-0.2, -0.15) is 16.3 Å². The van der Waals surface area contributed by atoms with Gasteiger partial charge in [-0.3, -0.25) is 14.0 Å². The fraction of sp³-hybridized carbons (Fsp3) is 0.188. The molecular weight excluding hydrogens is 352 g/mol. The van der Waals surface area contributed by atoms with E-state index in [0.29, 0.717) is 5.02 Å². The molecule has 0 bridgehead atoms. The van der Waals surface area contributed by atoms with E-state index in [2.05, 4.69) is 4.98 Å². The number of pyridine rings is 1. The molecule has 0 radical (unpaired) electrons. The SMILES string of the molecule is COC(=O)CC(c1ccsc1)c1c(O)nc2ccc(Cl)cn2c1=O. The number of carbonyl (C=O) groups is 1. The van der Waals surface area contributed by atoms with Crippen LogP contribution >= 0.6 is 22.9 Å². The Morgan fingerprint density at radius 1 is 1.46 bits per heavy atom. The Morgan fingerprint density at radius 3 is 2.92 bits per heavy atom.